The molecule has 2 N–H and O–H groups in total. The molecule has 20 heavy (non-hydrogen) atoms. The van der Waals surface area contributed by atoms with Crippen LogP contribution in [-0.4, -0.2) is 17.0 Å². The van der Waals surface area contributed by atoms with Gasteiger partial charge in [-0.15, -0.1) is 0 Å². The van der Waals surface area contributed by atoms with E-state index in [4.69, 9.17) is 0 Å². The number of nitrogens with one attached hydrogen (secondary N) is 1. The van der Waals surface area contributed by atoms with Crippen LogP contribution in [0.5, 0.6) is 0 Å². The Morgan fingerprint density at radius 1 is 1.20 bits per heavy atom. The molecule has 1 amide bonds. The van der Waals surface area contributed by atoms with Crippen molar-refractivity contribution in [2.24, 2.45) is 23.7 Å². The first-order chi connectivity index (χ1) is 9.56. The third-order valence-corrected chi connectivity index (χ3v) is 4.14. The summed E-state index contributed by atoms with van der Waals surface area (Å²) in [5.74, 6) is -3.09. The number of hydrogen-bond acceptors (Lipinski definition) is 2. The Morgan fingerprint density at radius 3 is 2.55 bits per heavy atom. The average Bonchev–Trinajstić information content (AvgIpc) is 2.98. The van der Waals surface area contributed by atoms with Crippen molar-refractivity contribution in [3.63, 3.8) is 0 Å². The number of hydrogen-bond donors (Lipinski definition) is 2. The topological polar surface area (TPSA) is 66.4 Å². The van der Waals surface area contributed by atoms with Crippen LogP contribution >= 0.6 is 0 Å². The molecular formula is C15H14FNO3. The summed E-state index contributed by atoms with van der Waals surface area (Å²) in [5, 5.41) is 11.9. The summed E-state index contributed by atoms with van der Waals surface area (Å²) < 4.78 is 13.1. The number of aliphatic carboxylic acids is 1. The molecular weight excluding hydrogens is 261 g/mol. The van der Waals surface area contributed by atoms with Gasteiger partial charge in [-0.05, 0) is 36.5 Å². The van der Waals surface area contributed by atoms with E-state index >= 15 is 0 Å². The second-order valence-electron chi connectivity index (χ2n) is 5.34. The molecule has 0 radical (unpaired) electrons. The van der Waals surface area contributed by atoms with E-state index in [1.807, 2.05) is 12.2 Å². The summed E-state index contributed by atoms with van der Waals surface area (Å²) in [6, 6.07) is 5.59. The minimum absolute atomic E-state index is 0.0327. The number of amides is 1. The Kier molecular flexibility index (Phi) is 3.04. The highest BCUT2D eigenvalue weighted by atomic mass is 19.1. The Labute approximate surface area is 115 Å². The fourth-order valence-corrected chi connectivity index (χ4v) is 3.31. The van der Waals surface area contributed by atoms with Gasteiger partial charge < -0.3 is 10.4 Å². The average molecular weight is 275 g/mol. The molecule has 4 nitrogen and oxygen atoms in total. The molecule has 0 spiro atoms. The van der Waals surface area contributed by atoms with E-state index in [9.17, 15) is 19.1 Å². The number of halogens is 1. The van der Waals surface area contributed by atoms with Crippen LogP contribution in [0.15, 0.2) is 36.4 Å². The molecule has 1 fully saturated rings. The van der Waals surface area contributed by atoms with Gasteiger partial charge in [0.05, 0.1) is 11.8 Å². The highest BCUT2D eigenvalue weighted by Gasteiger charge is 2.51. The van der Waals surface area contributed by atoms with Crippen LogP contribution in [-0.2, 0) is 9.59 Å². The predicted octanol–water partition coefficient (Wildman–Crippen LogP) is 2.29. The maximum atomic E-state index is 13.1. The Hall–Kier alpha value is -2.17. The molecule has 1 aromatic rings. The number of carbonyl (C=O) groups is 2. The smallest absolute Gasteiger partial charge is 0.307 e. The number of carbonyl (C=O) groups excluding carboxylic acids is 1. The van der Waals surface area contributed by atoms with Gasteiger partial charge in [-0.1, -0.05) is 18.2 Å². The molecule has 1 aromatic carbocycles. The Balaban J connectivity index is 1.80. The highest BCUT2D eigenvalue weighted by Crippen LogP contribution is 2.48. The van der Waals surface area contributed by atoms with Crippen molar-refractivity contribution in [3.05, 3.63) is 42.2 Å². The second kappa shape index (κ2) is 4.74. The van der Waals surface area contributed by atoms with Crippen molar-refractivity contribution < 1.29 is 19.1 Å². The zero-order chi connectivity index (χ0) is 14.3. The molecule has 4 atom stereocenters. The maximum absolute atomic E-state index is 13.1. The van der Waals surface area contributed by atoms with E-state index in [1.165, 1.54) is 18.2 Å². The van der Waals surface area contributed by atoms with Crippen LogP contribution in [0.3, 0.4) is 0 Å². The van der Waals surface area contributed by atoms with Crippen LogP contribution in [0.25, 0.3) is 0 Å². The van der Waals surface area contributed by atoms with E-state index < -0.39 is 23.6 Å². The third kappa shape index (κ3) is 2.09. The van der Waals surface area contributed by atoms with Gasteiger partial charge in [0.1, 0.15) is 5.82 Å². The number of carboxylic acids is 1. The molecule has 104 valence electrons. The van der Waals surface area contributed by atoms with E-state index in [0.29, 0.717) is 12.1 Å². The fraction of sp³-hybridized carbons (Fsp3) is 0.333. The summed E-state index contributed by atoms with van der Waals surface area (Å²) >= 11 is 0. The van der Waals surface area contributed by atoms with Gasteiger partial charge in [-0.25, -0.2) is 4.39 Å². The molecule has 1 saturated carbocycles. The Bertz CT molecular complexity index is 599. The summed E-state index contributed by atoms with van der Waals surface area (Å²) in [7, 11) is 0. The summed E-state index contributed by atoms with van der Waals surface area (Å²) in [6.07, 6.45) is 4.51. The SMILES string of the molecule is O=C(Nc1cccc(F)c1)[C@@H]1[C@@H](C(=O)O)[C@H]2C=C[C@@H]1C2. The van der Waals surface area contributed by atoms with Gasteiger partial charge in [0.2, 0.25) is 5.91 Å². The Morgan fingerprint density at radius 2 is 1.90 bits per heavy atom. The van der Waals surface area contributed by atoms with Crippen LogP contribution in [0, 0.1) is 29.5 Å². The minimum Gasteiger partial charge on any atom is -0.481 e. The van der Waals surface area contributed by atoms with E-state index in [2.05, 4.69) is 5.32 Å². The molecule has 0 aromatic heterocycles. The molecule has 5 heteroatoms. The number of carboxylic acid groups (broad SMARTS) is 1. The first kappa shape index (κ1) is 12.8. The van der Waals surface area contributed by atoms with Gasteiger partial charge >= 0.3 is 5.97 Å². The summed E-state index contributed by atoms with van der Waals surface area (Å²) in [4.78, 5) is 23.6. The fourth-order valence-electron chi connectivity index (χ4n) is 3.31. The van der Waals surface area contributed by atoms with Crippen molar-refractivity contribution in [1.29, 1.82) is 0 Å². The predicted molar refractivity (Wildman–Crippen MR) is 70.4 cm³/mol. The highest BCUT2D eigenvalue weighted by molar-refractivity contribution is 5.96. The number of allylic oxidation sites excluding steroid dienone is 2. The molecule has 3 rings (SSSR count). The van der Waals surface area contributed by atoms with Crippen LogP contribution in [0.1, 0.15) is 6.42 Å². The lowest BCUT2D eigenvalue weighted by atomic mass is 9.82. The number of rotatable bonds is 3. The molecule has 0 unspecified atom stereocenters. The zero-order valence-corrected chi connectivity index (χ0v) is 10.6. The van der Waals surface area contributed by atoms with E-state index in [0.717, 1.165) is 0 Å². The number of fused-ring (bicyclic) bond motifs is 2. The first-order valence-corrected chi connectivity index (χ1v) is 6.54. The maximum Gasteiger partial charge on any atom is 0.307 e. The molecule has 2 aliphatic carbocycles. The third-order valence-electron chi connectivity index (χ3n) is 4.14. The normalized spacial score (nSPS) is 30.4. The monoisotopic (exact) mass is 275 g/mol. The van der Waals surface area contributed by atoms with Gasteiger partial charge in [0.15, 0.2) is 0 Å². The summed E-state index contributed by atoms with van der Waals surface area (Å²) in [6.45, 7) is 0. The molecule has 0 aliphatic heterocycles. The van der Waals surface area contributed by atoms with Crippen LogP contribution in [0.2, 0.25) is 0 Å². The molecule has 0 heterocycles. The van der Waals surface area contributed by atoms with E-state index in [1.54, 1.807) is 6.07 Å². The first-order valence-electron chi connectivity index (χ1n) is 6.54. The molecule has 2 bridgehead atoms. The van der Waals surface area contributed by atoms with Crippen molar-refractivity contribution in [2.75, 3.05) is 5.32 Å². The van der Waals surface area contributed by atoms with Gasteiger partial charge in [0.25, 0.3) is 0 Å². The van der Waals surface area contributed by atoms with E-state index in [-0.39, 0.29) is 17.7 Å². The van der Waals surface area contributed by atoms with Crippen molar-refractivity contribution in [3.8, 4) is 0 Å². The standard InChI is InChI=1S/C15H14FNO3/c16-10-2-1-3-11(7-10)17-14(18)12-8-4-5-9(6-8)13(12)15(19)20/h1-5,7-9,12-13H,6H2,(H,17,18)(H,19,20)/t8-,9+,12+,13+/m1/s1. The van der Waals surface area contributed by atoms with Crippen molar-refractivity contribution in [2.45, 2.75) is 6.42 Å². The van der Waals surface area contributed by atoms with Crippen molar-refractivity contribution >= 4 is 17.6 Å². The minimum atomic E-state index is -0.943. The van der Waals surface area contributed by atoms with Gasteiger partial charge in [0, 0.05) is 5.69 Å². The lowest BCUT2D eigenvalue weighted by Crippen LogP contribution is -2.36. The number of anilines is 1. The van der Waals surface area contributed by atoms with Gasteiger partial charge in [-0.3, -0.25) is 9.59 Å². The van der Waals surface area contributed by atoms with Gasteiger partial charge in [-0.2, -0.15) is 0 Å². The second-order valence-corrected chi connectivity index (χ2v) is 5.34. The number of benzene rings is 1. The molecule has 2 aliphatic rings. The van der Waals surface area contributed by atoms with Crippen LogP contribution < -0.4 is 5.32 Å². The van der Waals surface area contributed by atoms with Crippen LogP contribution in [0.4, 0.5) is 10.1 Å². The molecule has 0 saturated heterocycles. The lowest BCUT2D eigenvalue weighted by molar-refractivity contribution is -0.146. The summed E-state index contributed by atoms with van der Waals surface area (Å²) in [5.41, 5.74) is 0.353. The zero-order valence-electron chi connectivity index (χ0n) is 10.6. The quantitative estimate of drug-likeness (QED) is 0.832. The largest absolute Gasteiger partial charge is 0.481 e. The van der Waals surface area contributed by atoms with Crippen molar-refractivity contribution in [1.82, 2.24) is 0 Å². The lowest BCUT2D eigenvalue weighted by Gasteiger charge is -2.23.